The highest BCUT2D eigenvalue weighted by atomic mass is 32.1. The van der Waals surface area contributed by atoms with Gasteiger partial charge in [-0.25, -0.2) is 4.98 Å². The molecule has 1 fully saturated rings. The van der Waals surface area contributed by atoms with E-state index in [0.29, 0.717) is 12.5 Å². The van der Waals surface area contributed by atoms with Crippen molar-refractivity contribution in [2.75, 3.05) is 20.1 Å². The highest BCUT2D eigenvalue weighted by Crippen LogP contribution is 2.33. The Hall–Kier alpha value is -1.72. The summed E-state index contributed by atoms with van der Waals surface area (Å²) >= 11 is 1.78. The van der Waals surface area contributed by atoms with Crippen LogP contribution in [0.1, 0.15) is 23.4 Å². The Labute approximate surface area is 128 Å². The molecule has 3 rings (SSSR count). The van der Waals surface area contributed by atoms with Gasteiger partial charge >= 0.3 is 0 Å². The zero-order valence-corrected chi connectivity index (χ0v) is 13.1. The quantitative estimate of drug-likeness (QED) is 0.943. The van der Waals surface area contributed by atoms with Gasteiger partial charge in [-0.1, -0.05) is 18.2 Å². The molecule has 0 aliphatic carbocycles. The Balaban J connectivity index is 1.74. The number of rotatable bonds is 4. The molecule has 1 saturated heterocycles. The van der Waals surface area contributed by atoms with E-state index in [0.717, 1.165) is 18.7 Å². The van der Waals surface area contributed by atoms with E-state index in [9.17, 15) is 4.79 Å². The second kappa shape index (κ2) is 5.95. The van der Waals surface area contributed by atoms with Crippen molar-refractivity contribution in [3.8, 4) is 10.4 Å². The van der Waals surface area contributed by atoms with Crippen LogP contribution in [0.4, 0.5) is 0 Å². The summed E-state index contributed by atoms with van der Waals surface area (Å²) in [5.74, 6) is 0.589. The van der Waals surface area contributed by atoms with Crippen LogP contribution in [0.5, 0.6) is 0 Å². The third kappa shape index (κ3) is 3.31. The number of hydrogen-bond donors (Lipinski definition) is 1. The molecule has 2 aromatic rings. The fourth-order valence-corrected chi connectivity index (χ4v) is 3.52. The average molecular weight is 301 g/mol. The van der Waals surface area contributed by atoms with Gasteiger partial charge in [-0.05, 0) is 24.2 Å². The predicted octanol–water partition coefficient (Wildman–Crippen LogP) is 2.48. The van der Waals surface area contributed by atoms with Gasteiger partial charge in [-0.3, -0.25) is 4.79 Å². The number of thiazole rings is 1. The molecule has 2 heterocycles. The molecule has 1 aliphatic heterocycles. The second-order valence-corrected chi connectivity index (χ2v) is 6.65. The first-order valence-corrected chi connectivity index (χ1v) is 7.91. The number of likely N-dealkylation sites (tertiary alicyclic amines) is 1. The fourth-order valence-electron chi connectivity index (χ4n) is 2.53. The average Bonchev–Trinajstić information content (AvgIpc) is 2.91. The molecule has 5 heteroatoms. The summed E-state index contributed by atoms with van der Waals surface area (Å²) in [6.45, 7) is 4.32. The minimum Gasteiger partial charge on any atom is -0.352 e. The summed E-state index contributed by atoms with van der Waals surface area (Å²) in [4.78, 5) is 19.1. The van der Waals surface area contributed by atoms with Crippen molar-refractivity contribution < 1.29 is 4.79 Å². The van der Waals surface area contributed by atoms with Gasteiger partial charge in [-0.2, -0.15) is 0 Å². The summed E-state index contributed by atoms with van der Waals surface area (Å²) < 4.78 is 0. The molecular formula is C16H19N3OS. The molecule has 21 heavy (non-hydrogen) atoms. The third-order valence-electron chi connectivity index (χ3n) is 3.69. The Kier molecular flexibility index (Phi) is 4.03. The van der Waals surface area contributed by atoms with E-state index in [2.05, 4.69) is 34.4 Å². The molecule has 1 amide bonds. The molecular weight excluding hydrogens is 282 g/mol. The third-order valence-corrected chi connectivity index (χ3v) is 4.90. The van der Waals surface area contributed by atoms with Crippen molar-refractivity contribution in [3.05, 3.63) is 41.0 Å². The zero-order valence-electron chi connectivity index (χ0n) is 12.3. The molecule has 1 aromatic carbocycles. The lowest BCUT2D eigenvalue weighted by Gasteiger charge is -2.34. The molecule has 0 radical (unpaired) electrons. The summed E-state index contributed by atoms with van der Waals surface area (Å²) in [7, 11) is 2.14. The van der Waals surface area contributed by atoms with Crippen LogP contribution < -0.4 is 5.32 Å². The molecule has 0 unspecified atom stereocenters. The van der Waals surface area contributed by atoms with Crippen LogP contribution in [0.15, 0.2) is 30.5 Å². The Morgan fingerprint density at radius 2 is 2.29 bits per heavy atom. The van der Waals surface area contributed by atoms with Crippen molar-refractivity contribution in [1.29, 1.82) is 0 Å². The molecule has 1 aromatic heterocycles. The lowest BCUT2D eigenvalue weighted by atomic mass is 10.0. The first-order chi connectivity index (χ1) is 10.1. The molecule has 1 N–H and O–H groups in total. The van der Waals surface area contributed by atoms with E-state index in [-0.39, 0.29) is 5.91 Å². The van der Waals surface area contributed by atoms with Crippen molar-refractivity contribution in [2.24, 2.45) is 0 Å². The van der Waals surface area contributed by atoms with E-state index in [4.69, 9.17) is 0 Å². The molecule has 0 saturated carbocycles. The lowest BCUT2D eigenvalue weighted by molar-refractivity contribution is -0.119. The van der Waals surface area contributed by atoms with E-state index < -0.39 is 0 Å². The Morgan fingerprint density at radius 3 is 3.00 bits per heavy atom. The number of likely N-dealkylation sites (N-methyl/N-ethyl adjacent to an activating group) is 1. The van der Waals surface area contributed by atoms with Gasteiger partial charge in [0.15, 0.2) is 0 Å². The molecule has 4 nitrogen and oxygen atoms in total. The minimum atomic E-state index is -0.00502. The van der Waals surface area contributed by atoms with Crippen molar-refractivity contribution >= 4 is 17.2 Å². The molecule has 1 aliphatic rings. The van der Waals surface area contributed by atoms with Crippen LogP contribution in [0, 0.1) is 0 Å². The number of carbonyl (C=O) groups is 1. The van der Waals surface area contributed by atoms with Crippen LogP contribution in [0.2, 0.25) is 0 Å². The maximum Gasteiger partial charge on any atom is 0.217 e. The normalized spacial score (nSPS) is 15.7. The van der Waals surface area contributed by atoms with E-state index in [1.54, 1.807) is 11.3 Å². The van der Waals surface area contributed by atoms with Crippen LogP contribution >= 0.6 is 11.3 Å². The number of amides is 1. The summed E-state index contributed by atoms with van der Waals surface area (Å²) in [6.07, 6.45) is 1.97. The van der Waals surface area contributed by atoms with Crippen LogP contribution in [0.25, 0.3) is 10.4 Å². The minimum absolute atomic E-state index is 0.00502. The van der Waals surface area contributed by atoms with Crippen LogP contribution in [-0.4, -0.2) is 35.9 Å². The number of nitrogens with zero attached hydrogens (tertiary/aromatic N) is 2. The molecule has 0 atom stereocenters. The topological polar surface area (TPSA) is 45.2 Å². The summed E-state index contributed by atoms with van der Waals surface area (Å²) in [5.41, 5.74) is 2.29. The lowest BCUT2D eigenvalue weighted by Crippen LogP contribution is -2.41. The Bertz CT molecular complexity index is 646. The zero-order chi connectivity index (χ0) is 14.8. The van der Waals surface area contributed by atoms with Crippen LogP contribution in [-0.2, 0) is 11.3 Å². The Morgan fingerprint density at radius 1 is 1.48 bits per heavy atom. The van der Waals surface area contributed by atoms with Crippen LogP contribution in [0.3, 0.4) is 0 Å². The standard InChI is InChI=1S/C16H19N3OS/c1-11(20)17-7-12-4-3-5-13(6-12)15-8-18-16(21-15)14-9-19(2)10-14/h3-6,8,14H,7,9-10H2,1-2H3,(H,17,20). The summed E-state index contributed by atoms with van der Waals surface area (Å²) in [5, 5.41) is 4.06. The molecule has 0 bridgehead atoms. The molecule has 0 spiro atoms. The van der Waals surface area contributed by atoms with Gasteiger partial charge in [0.25, 0.3) is 0 Å². The first-order valence-electron chi connectivity index (χ1n) is 7.10. The smallest absolute Gasteiger partial charge is 0.217 e. The van der Waals surface area contributed by atoms with Crippen molar-refractivity contribution in [1.82, 2.24) is 15.2 Å². The van der Waals surface area contributed by atoms with Gasteiger partial charge < -0.3 is 10.2 Å². The van der Waals surface area contributed by atoms with E-state index in [1.807, 2.05) is 18.3 Å². The predicted molar refractivity (Wildman–Crippen MR) is 85.3 cm³/mol. The largest absolute Gasteiger partial charge is 0.352 e. The highest BCUT2D eigenvalue weighted by Gasteiger charge is 2.27. The van der Waals surface area contributed by atoms with Gasteiger partial charge in [0.2, 0.25) is 5.91 Å². The van der Waals surface area contributed by atoms with Gasteiger partial charge in [0.05, 0.1) is 9.88 Å². The number of benzene rings is 1. The number of carbonyl (C=O) groups excluding carboxylic acids is 1. The van der Waals surface area contributed by atoms with E-state index >= 15 is 0 Å². The van der Waals surface area contributed by atoms with Gasteiger partial charge in [-0.15, -0.1) is 11.3 Å². The highest BCUT2D eigenvalue weighted by molar-refractivity contribution is 7.15. The number of hydrogen-bond acceptors (Lipinski definition) is 4. The van der Waals surface area contributed by atoms with Crippen molar-refractivity contribution in [3.63, 3.8) is 0 Å². The SMILES string of the molecule is CC(=O)NCc1cccc(-c2cnc(C3CN(C)C3)s2)c1. The van der Waals surface area contributed by atoms with E-state index in [1.165, 1.54) is 22.4 Å². The maximum absolute atomic E-state index is 11.0. The number of aromatic nitrogens is 1. The number of nitrogens with one attached hydrogen (secondary N) is 1. The summed E-state index contributed by atoms with van der Waals surface area (Å²) in [6, 6.07) is 8.28. The maximum atomic E-state index is 11.0. The monoisotopic (exact) mass is 301 g/mol. The second-order valence-electron chi connectivity index (χ2n) is 5.59. The van der Waals surface area contributed by atoms with Crippen molar-refractivity contribution in [2.45, 2.75) is 19.4 Å². The fraction of sp³-hybridized carbons (Fsp3) is 0.375. The first kappa shape index (κ1) is 14.2. The van der Waals surface area contributed by atoms with Gasteiger partial charge in [0, 0.05) is 38.7 Å². The van der Waals surface area contributed by atoms with Gasteiger partial charge in [0.1, 0.15) is 0 Å². The molecule has 110 valence electrons.